The molecule has 2 unspecified atom stereocenters. The molecule has 12 rings (SSSR count). The van der Waals surface area contributed by atoms with E-state index in [1.807, 2.05) is 0 Å². The Morgan fingerprint density at radius 1 is 0.500 bits per heavy atom. The van der Waals surface area contributed by atoms with Gasteiger partial charge in [0, 0.05) is 39.0 Å². The zero-order valence-electron chi connectivity index (χ0n) is 28.1. The van der Waals surface area contributed by atoms with Gasteiger partial charge in [-0.15, -0.1) is 0 Å². The monoisotopic (exact) mass is 662 g/mol. The topological polar surface area (TPSA) is 34.0 Å². The molecule has 2 atom stereocenters. The minimum absolute atomic E-state index is 0.0872. The fourth-order valence-corrected chi connectivity index (χ4v) is 9.46. The third kappa shape index (κ3) is 3.65. The van der Waals surface area contributed by atoms with Crippen molar-refractivity contribution in [3.8, 4) is 39.5 Å². The fourth-order valence-electron chi connectivity index (χ4n) is 9.46. The lowest BCUT2D eigenvalue weighted by Gasteiger charge is -2.32. The third-order valence-electron chi connectivity index (χ3n) is 11.5. The molecular weight excluding hydrogens is 633 g/mol. The molecular formula is C48H30N4. The van der Waals surface area contributed by atoms with Crippen LogP contribution in [0.3, 0.4) is 0 Å². The molecule has 242 valence electrons. The van der Waals surface area contributed by atoms with E-state index in [4.69, 9.17) is 9.97 Å². The first-order chi connectivity index (χ1) is 25.8. The number of benzene rings is 7. The number of rotatable bonds is 3. The van der Waals surface area contributed by atoms with E-state index in [9.17, 15) is 0 Å². The number of para-hydroxylation sites is 1. The van der Waals surface area contributed by atoms with Gasteiger partial charge in [-0.2, -0.15) is 0 Å². The Kier molecular flexibility index (Phi) is 5.58. The van der Waals surface area contributed by atoms with E-state index in [-0.39, 0.29) is 12.0 Å². The molecule has 9 aromatic rings. The second-order valence-corrected chi connectivity index (χ2v) is 14.1. The first-order valence-corrected chi connectivity index (χ1v) is 18.0. The van der Waals surface area contributed by atoms with Crippen LogP contribution in [-0.2, 0) is 0 Å². The van der Waals surface area contributed by atoms with Crippen LogP contribution in [0.4, 0.5) is 11.4 Å². The number of fused-ring (bicyclic) bond motifs is 5. The summed E-state index contributed by atoms with van der Waals surface area (Å²) in [5, 5.41) is 4.84. The lowest BCUT2D eigenvalue weighted by Crippen LogP contribution is -2.31. The summed E-state index contributed by atoms with van der Waals surface area (Å²) < 4.78 is 2.33. The Morgan fingerprint density at radius 3 is 2.08 bits per heavy atom. The lowest BCUT2D eigenvalue weighted by atomic mass is 9.75. The average Bonchev–Trinajstić information content (AvgIpc) is 3.73. The minimum atomic E-state index is 0.0872. The predicted octanol–water partition coefficient (Wildman–Crippen LogP) is 11.7. The quantitative estimate of drug-likeness (QED) is 0.189. The molecule has 2 aromatic heterocycles. The van der Waals surface area contributed by atoms with Gasteiger partial charge in [-0.3, -0.25) is 4.57 Å². The average molecular weight is 663 g/mol. The van der Waals surface area contributed by atoms with E-state index in [0.717, 1.165) is 33.4 Å². The summed E-state index contributed by atoms with van der Waals surface area (Å²) in [5.74, 6) is 0.784. The van der Waals surface area contributed by atoms with Crippen LogP contribution >= 0.6 is 0 Å². The first-order valence-electron chi connectivity index (χ1n) is 18.0. The Bertz CT molecular complexity index is 2980. The smallest absolute Gasteiger partial charge is 0.235 e. The summed E-state index contributed by atoms with van der Waals surface area (Å²) in [7, 11) is 0. The lowest BCUT2D eigenvalue weighted by molar-refractivity contribution is 0.726. The maximum absolute atomic E-state index is 5.42. The van der Waals surface area contributed by atoms with Gasteiger partial charge in [-0.25, -0.2) is 9.97 Å². The van der Waals surface area contributed by atoms with Crippen LogP contribution in [0.1, 0.15) is 22.7 Å². The molecule has 0 radical (unpaired) electrons. The maximum atomic E-state index is 5.42. The van der Waals surface area contributed by atoms with Crippen LogP contribution in [0.2, 0.25) is 0 Å². The molecule has 0 fully saturated rings. The molecule has 4 heteroatoms. The molecule has 7 aromatic carbocycles. The van der Waals surface area contributed by atoms with Crippen LogP contribution in [0.25, 0.3) is 78.1 Å². The highest BCUT2D eigenvalue weighted by atomic mass is 15.2. The molecule has 2 aliphatic carbocycles. The van der Waals surface area contributed by atoms with Crippen LogP contribution in [0.5, 0.6) is 0 Å². The molecule has 0 saturated heterocycles. The van der Waals surface area contributed by atoms with Gasteiger partial charge in [0.1, 0.15) is 0 Å². The molecule has 4 nitrogen and oxygen atoms in total. The molecule has 0 saturated carbocycles. The van der Waals surface area contributed by atoms with Gasteiger partial charge in [0.25, 0.3) is 0 Å². The van der Waals surface area contributed by atoms with Crippen molar-refractivity contribution in [1.82, 2.24) is 14.5 Å². The summed E-state index contributed by atoms with van der Waals surface area (Å²) in [6.07, 6.45) is 4.78. The van der Waals surface area contributed by atoms with Gasteiger partial charge >= 0.3 is 0 Å². The Hall–Kier alpha value is -6.78. The van der Waals surface area contributed by atoms with Gasteiger partial charge in [-0.1, -0.05) is 140 Å². The number of hydrogen-bond acceptors (Lipinski definition) is 3. The van der Waals surface area contributed by atoms with Crippen molar-refractivity contribution in [3.63, 3.8) is 0 Å². The molecule has 0 spiro atoms. The van der Waals surface area contributed by atoms with Crippen molar-refractivity contribution in [2.75, 3.05) is 4.90 Å². The molecule has 3 aliphatic rings. The largest absolute Gasteiger partial charge is 0.333 e. The molecule has 1 aliphatic heterocycles. The number of nitrogens with zero attached hydrogens (tertiary/aromatic N) is 4. The van der Waals surface area contributed by atoms with Crippen LogP contribution < -0.4 is 4.90 Å². The van der Waals surface area contributed by atoms with Crippen LogP contribution in [-0.4, -0.2) is 20.6 Å². The van der Waals surface area contributed by atoms with E-state index >= 15 is 0 Å². The van der Waals surface area contributed by atoms with Gasteiger partial charge in [-0.05, 0) is 69.1 Å². The summed E-state index contributed by atoms with van der Waals surface area (Å²) in [6, 6.07) is 57.1. The van der Waals surface area contributed by atoms with Crippen molar-refractivity contribution in [2.45, 2.75) is 12.0 Å². The summed E-state index contributed by atoms with van der Waals surface area (Å²) in [6.45, 7) is 0. The summed E-state index contributed by atoms with van der Waals surface area (Å²) in [5.41, 5.74) is 15.5. The Morgan fingerprint density at radius 2 is 1.17 bits per heavy atom. The van der Waals surface area contributed by atoms with E-state index in [1.165, 1.54) is 60.9 Å². The van der Waals surface area contributed by atoms with Gasteiger partial charge in [0.2, 0.25) is 5.95 Å². The summed E-state index contributed by atoms with van der Waals surface area (Å²) >= 11 is 0. The van der Waals surface area contributed by atoms with Crippen molar-refractivity contribution in [1.29, 1.82) is 0 Å². The SMILES string of the molecule is C1=CC2C3c4c(cccc4N2c2cccc4ccccc24)-c2ccccc2-c2cccc4c2c3c1n4-c1nc(-c2ccccc2)c2ccccc2n1. The standard InChI is InChI=1S/C48H30N4/c1-2-14-30(15-3-1)47-36-20-8-9-23-37(36)49-48(50-47)52-40-26-12-22-35-33-19-7-6-18-32(33)34-21-11-25-39-43(34)45-41(27-28-42(52)46(45)44(35)40)51(39)38-24-10-16-29-13-4-5-17-31(29)38/h1-28,41,45H. The molecule has 52 heavy (non-hydrogen) atoms. The number of hydrogen-bond donors (Lipinski definition) is 0. The summed E-state index contributed by atoms with van der Waals surface area (Å²) in [4.78, 5) is 13.3. The highest BCUT2D eigenvalue weighted by Gasteiger charge is 2.46. The highest BCUT2D eigenvalue weighted by molar-refractivity contribution is 6.09. The van der Waals surface area contributed by atoms with E-state index in [2.05, 4.69) is 179 Å². The fraction of sp³-hybridized carbons (Fsp3) is 0.0417. The normalized spacial score (nSPS) is 16.3. The van der Waals surface area contributed by atoms with E-state index < -0.39 is 0 Å². The van der Waals surface area contributed by atoms with Crippen LogP contribution in [0, 0.1) is 0 Å². The number of aromatic nitrogens is 3. The highest BCUT2D eigenvalue weighted by Crippen LogP contribution is 2.59. The molecule has 0 bridgehead atoms. The van der Waals surface area contributed by atoms with Gasteiger partial charge in [0.15, 0.2) is 0 Å². The maximum Gasteiger partial charge on any atom is 0.235 e. The second kappa shape index (κ2) is 10.4. The minimum Gasteiger partial charge on any atom is -0.333 e. The number of anilines is 2. The van der Waals surface area contributed by atoms with Gasteiger partial charge < -0.3 is 4.90 Å². The second-order valence-electron chi connectivity index (χ2n) is 14.1. The van der Waals surface area contributed by atoms with Crippen molar-refractivity contribution >= 4 is 50.0 Å². The predicted molar refractivity (Wildman–Crippen MR) is 213 cm³/mol. The zero-order chi connectivity index (χ0) is 33.9. The third-order valence-corrected chi connectivity index (χ3v) is 11.5. The first kappa shape index (κ1) is 28.0. The van der Waals surface area contributed by atoms with E-state index in [1.54, 1.807) is 0 Å². The molecule has 0 amide bonds. The van der Waals surface area contributed by atoms with Crippen molar-refractivity contribution in [3.05, 3.63) is 181 Å². The van der Waals surface area contributed by atoms with Crippen LogP contribution in [0.15, 0.2) is 164 Å². The Labute approximate surface area is 300 Å². The van der Waals surface area contributed by atoms with E-state index in [0.29, 0.717) is 5.95 Å². The van der Waals surface area contributed by atoms with Gasteiger partial charge in [0.05, 0.1) is 28.5 Å². The Balaban J connectivity index is 1.21. The zero-order valence-corrected chi connectivity index (χ0v) is 28.1. The van der Waals surface area contributed by atoms with Crippen molar-refractivity contribution in [2.24, 2.45) is 0 Å². The molecule has 0 N–H and O–H groups in total. The van der Waals surface area contributed by atoms with Crippen molar-refractivity contribution < 1.29 is 0 Å². The molecule has 3 heterocycles.